The molecule has 0 spiro atoms. The Kier molecular flexibility index (Phi) is 3.99. The van der Waals surface area contributed by atoms with Gasteiger partial charge in [-0.25, -0.2) is 4.98 Å². The minimum atomic E-state index is -0.0544. The first kappa shape index (κ1) is 15.5. The normalized spacial score (nSPS) is 11.4. The summed E-state index contributed by atoms with van der Waals surface area (Å²) in [5.74, 6) is 0.593. The smallest absolute Gasteiger partial charge is 0.267 e. The number of benzene rings is 1. The first-order chi connectivity index (χ1) is 12.2. The van der Waals surface area contributed by atoms with E-state index in [9.17, 15) is 4.79 Å². The van der Waals surface area contributed by atoms with Gasteiger partial charge in [0.25, 0.3) is 5.56 Å². The number of aromatic nitrogens is 3. The van der Waals surface area contributed by atoms with Crippen LogP contribution >= 0.6 is 11.3 Å². The first-order valence-electron chi connectivity index (χ1n) is 7.88. The van der Waals surface area contributed by atoms with Gasteiger partial charge in [0.2, 0.25) is 0 Å². The minimum absolute atomic E-state index is 0.0544. The molecule has 0 bridgehead atoms. The monoisotopic (exact) mass is 345 g/mol. The van der Waals surface area contributed by atoms with E-state index in [2.05, 4.69) is 9.97 Å². The van der Waals surface area contributed by atoms with Crippen LogP contribution in [0.3, 0.4) is 0 Å². The van der Waals surface area contributed by atoms with Gasteiger partial charge in [-0.05, 0) is 42.8 Å². The number of pyridine rings is 1. The molecule has 0 amide bonds. The summed E-state index contributed by atoms with van der Waals surface area (Å²) in [7, 11) is 0. The van der Waals surface area contributed by atoms with Crippen LogP contribution in [0.5, 0.6) is 0 Å². The van der Waals surface area contributed by atoms with Crippen LogP contribution in [-0.4, -0.2) is 14.5 Å². The molecule has 122 valence electrons. The molecule has 0 atom stereocenters. The van der Waals surface area contributed by atoms with Crippen LogP contribution in [0, 0.1) is 6.92 Å². The lowest BCUT2D eigenvalue weighted by Crippen LogP contribution is -2.22. The van der Waals surface area contributed by atoms with Crippen molar-refractivity contribution in [2.45, 2.75) is 6.92 Å². The van der Waals surface area contributed by atoms with Crippen LogP contribution in [0.25, 0.3) is 28.7 Å². The highest BCUT2D eigenvalue weighted by Gasteiger charge is 2.13. The molecular weight excluding hydrogens is 330 g/mol. The van der Waals surface area contributed by atoms with Crippen molar-refractivity contribution in [3.05, 3.63) is 86.9 Å². The predicted molar refractivity (Wildman–Crippen MR) is 103 cm³/mol. The van der Waals surface area contributed by atoms with E-state index in [4.69, 9.17) is 0 Å². The van der Waals surface area contributed by atoms with Crippen LogP contribution < -0.4 is 5.56 Å². The molecule has 0 aliphatic heterocycles. The number of thiophene rings is 1. The van der Waals surface area contributed by atoms with E-state index in [0.717, 1.165) is 22.5 Å². The van der Waals surface area contributed by atoms with Gasteiger partial charge in [0, 0.05) is 17.0 Å². The summed E-state index contributed by atoms with van der Waals surface area (Å²) in [6.45, 7) is 1.99. The van der Waals surface area contributed by atoms with Crippen LogP contribution in [-0.2, 0) is 0 Å². The van der Waals surface area contributed by atoms with E-state index < -0.39 is 0 Å². The Labute approximate surface area is 148 Å². The summed E-state index contributed by atoms with van der Waals surface area (Å²) in [4.78, 5) is 22.0. The zero-order chi connectivity index (χ0) is 17.2. The van der Waals surface area contributed by atoms with Gasteiger partial charge in [-0.2, -0.15) is 0 Å². The fourth-order valence-corrected chi connectivity index (χ4v) is 3.46. The van der Waals surface area contributed by atoms with Gasteiger partial charge in [-0.15, -0.1) is 11.3 Å². The predicted octanol–water partition coefficient (Wildman–Crippen LogP) is 4.32. The van der Waals surface area contributed by atoms with Crippen molar-refractivity contribution in [1.29, 1.82) is 0 Å². The Hall–Kier alpha value is -3.05. The van der Waals surface area contributed by atoms with E-state index >= 15 is 0 Å². The third-order valence-corrected chi connectivity index (χ3v) is 4.72. The van der Waals surface area contributed by atoms with Crippen molar-refractivity contribution >= 4 is 34.4 Å². The third kappa shape index (κ3) is 2.90. The van der Waals surface area contributed by atoms with Gasteiger partial charge in [0.1, 0.15) is 5.82 Å². The van der Waals surface area contributed by atoms with Crippen LogP contribution in [0.1, 0.15) is 17.1 Å². The van der Waals surface area contributed by atoms with Crippen molar-refractivity contribution in [2.75, 3.05) is 0 Å². The zero-order valence-electron chi connectivity index (χ0n) is 13.6. The molecule has 0 unspecified atom stereocenters. The maximum atomic E-state index is 13.1. The molecule has 4 aromatic rings. The van der Waals surface area contributed by atoms with Crippen molar-refractivity contribution in [3.63, 3.8) is 0 Å². The Morgan fingerprint density at radius 2 is 1.88 bits per heavy atom. The molecule has 0 fully saturated rings. The second-order valence-electron chi connectivity index (χ2n) is 5.66. The molecule has 4 rings (SSSR count). The molecule has 25 heavy (non-hydrogen) atoms. The highest BCUT2D eigenvalue weighted by atomic mass is 32.1. The van der Waals surface area contributed by atoms with Crippen LogP contribution in [0.4, 0.5) is 0 Å². The maximum Gasteiger partial charge on any atom is 0.267 e. The number of para-hydroxylation sites is 1. The molecule has 0 saturated heterocycles. The molecule has 3 heterocycles. The molecule has 0 aliphatic rings. The summed E-state index contributed by atoms with van der Waals surface area (Å²) < 4.78 is 1.67. The highest BCUT2D eigenvalue weighted by molar-refractivity contribution is 7.09. The van der Waals surface area contributed by atoms with E-state index in [-0.39, 0.29) is 5.56 Å². The van der Waals surface area contributed by atoms with Gasteiger partial charge in [0.15, 0.2) is 0 Å². The van der Waals surface area contributed by atoms with Crippen LogP contribution in [0.2, 0.25) is 0 Å². The number of aryl methyl sites for hydroxylation is 1. The third-order valence-electron chi connectivity index (χ3n) is 3.99. The number of fused-ring (bicyclic) bond motifs is 1. The van der Waals surface area contributed by atoms with E-state index in [1.54, 1.807) is 10.8 Å². The minimum Gasteiger partial charge on any atom is -0.268 e. The topological polar surface area (TPSA) is 47.8 Å². The molecule has 4 nitrogen and oxygen atoms in total. The Morgan fingerprint density at radius 3 is 2.68 bits per heavy atom. The lowest BCUT2D eigenvalue weighted by atomic mass is 10.2. The lowest BCUT2D eigenvalue weighted by molar-refractivity contribution is 0.936. The Bertz CT molecular complexity index is 1130. The molecule has 0 radical (unpaired) electrons. The highest BCUT2D eigenvalue weighted by Crippen LogP contribution is 2.19. The van der Waals surface area contributed by atoms with Gasteiger partial charge >= 0.3 is 0 Å². The molecule has 0 saturated carbocycles. The summed E-state index contributed by atoms with van der Waals surface area (Å²) in [5.41, 5.74) is 3.35. The fraction of sp³-hybridized carbons (Fsp3) is 0.0500. The lowest BCUT2D eigenvalue weighted by Gasteiger charge is -2.12. The molecule has 3 aromatic heterocycles. The van der Waals surface area contributed by atoms with Gasteiger partial charge in [0.05, 0.1) is 22.3 Å². The average molecular weight is 345 g/mol. The van der Waals surface area contributed by atoms with E-state index in [0.29, 0.717) is 11.2 Å². The van der Waals surface area contributed by atoms with E-state index in [1.165, 1.54) is 11.3 Å². The Balaban J connectivity index is 1.96. The standard InChI is InChI=1S/C20H15N3OS/c1-14-6-2-3-8-18(14)23-19(10-9-15-7-4-5-11-21-15)22-17-13-25-12-16(17)20(23)24/h2-13H,1H3/b10-9+. The molecule has 0 N–H and O–H groups in total. The fourth-order valence-electron chi connectivity index (χ4n) is 2.73. The first-order valence-corrected chi connectivity index (χ1v) is 8.82. The molecular formula is C20H15N3OS. The summed E-state index contributed by atoms with van der Waals surface area (Å²) >= 11 is 1.49. The molecule has 0 aliphatic carbocycles. The quantitative estimate of drug-likeness (QED) is 0.555. The van der Waals surface area contributed by atoms with Crippen molar-refractivity contribution in [1.82, 2.24) is 14.5 Å². The van der Waals surface area contributed by atoms with Crippen LogP contribution in [0.15, 0.2) is 64.2 Å². The summed E-state index contributed by atoms with van der Waals surface area (Å²) in [6, 6.07) is 13.5. The van der Waals surface area contributed by atoms with Crippen molar-refractivity contribution < 1.29 is 0 Å². The van der Waals surface area contributed by atoms with Gasteiger partial charge < -0.3 is 0 Å². The number of nitrogens with zero attached hydrogens (tertiary/aromatic N) is 3. The van der Waals surface area contributed by atoms with Crippen molar-refractivity contribution in [3.8, 4) is 5.69 Å². The second-order valence-corrected chi connectivity index (χ2v) is 6.40. The SMILES string of the molecule is Cc1ccccc1-n1c(/C=C/c2ccccn2)nc2cscc2c1=O. The Morgan fingerprint density at radius 1 is 1.04 bits per heavy atom. The molecule has 1 aromatic carbocycles. The number of hydrogen-bond donors (Lipinski definition) is 0. The van der Waals surface area contributed by atoms with E-state index in [1.807, 2.05) is 72.3 Å². The maximum absolute atomic E-state index is 13.1. The number of hydrogen-bond acceptors (Lipinski definition) is 4. The zero-order valence-corrected chi connectivity index (χ0v) is 14.4. The summed E-state index contributed by atoms with van der Waals surface area (Å²) in [5, 5.41) is 4.39. The van der Waals surface area contributed by atoms with Gasteiger partial charge in [-0.1, -0.05) is 24.3 Å². The summed E-state index contributed by atoms with van der Waals surface area (Å²) in [6.07, 6.45) is 5.45. The number of rotatable bonds is 3. The largest absolute Gasteiger partial charge is 0.268 e. The van der Waals surface area contributed by atoms with Gasteiger partial charge in [-0.3, -0.25) is 14.3 Å². The average Bonchev–Trinajstić information content (AvgIpc) is 3.11. The molecule has 5 heteroatoms. The van der Waals surface area contributed by atoms with Crippen molar-refractivity contribution in [2.24, 2.45) is 0 Å². The second kappa shape index (κ2) is 6.45.